The predicted octanol–water partition coefficient (Wildman–Crippen LogP) is 7.55. The number of nitrogens with one attached hydrogen (secondary N) is 1. The Balaban J connectivity index is 1.51. The van der Waals surface area contributed by atoms with Crippen LogP contribution in [0.15, 0.2) is 78.2 Å². The summed E-state index contributed by atoms with van der Waals surface area (Å²) in [5, 5.41) is 6.91. The second-order valence-electron chi connectivity index (χ2n) is 7.89. The Labute approximate surface area is 200 Å². The van der Waals surface area contributed by atoms with E-state index in [-0.39, 0.29) is 5.91 Å². The minimum atomic E-state index is -0.211. The molecule has 0 fully saturated rings. The lowest BCUT2D eigenvalue weighted by Gasteiger charge is -2.11. The molecule has 0 atom stereocenters. The number of anilines is 1. The van der Waals surface area contributed by atoms with Crippen molar-refractivity contribution in [1.29, 1.82) is 0 Å². The number of hydrogen-bond acceptors (Lipinski definition) is 4. The van der Waals surface area contributed by atoms with Crippen LogP contribution in [0.1, 0.15) is 21.5 Å². The first kappa shape index (κ1) is 21.3. The molecule has 2 aromatic heterocycles. The van der Waals surface area contributed by atoms with Crippen molar-refractivity contribution in [2.24, 2.45) is 0 Å². The van der Waals surface area contributed by atoms with E-state index in [9.17, 15) is 4.79 Å². The summed E-state index contributed by atoms with van der Waals surface area (Å²) in [6.45, 7) is 4.13. The summed E-state index contributed by atoms with van der Waals surface area (Å²) in [5.74, 6) is -0.211. The number of carbonyl (C=O) groups excluding carboxylic acids is 1. The molecule has 1 N–H and O–H groups in total. The number of amides is 1. The van der Waals surface area contributed by atoms with Crippen LogP contribution < -0.4 is 5.32 Å². The summed E-state index contributed by atoms with van der Waals surface area (Å²) in [6, 6.07) is 23.3. The number of thiazole rings is 1. The highest BCUT2D eigenvalue weighted by Crippen LogP contribution is 2.30. The number of nitrogens with zero attached hydrogens (tertiary/aromatic N) is 2. The van der Waals surface area contributed by atoms with Gasteiger partial charge in [0.2, 0.25) is 0 Å². The van der Waals surface area contributed by atoms with Gasteiger partial charge in [0.25, 0.3) is 5.91 Å². The van der Waals surface area contributed by atoms with E-state index in [0.29, 0.717) is 15.7 Å². The van der Waals surface area contributed by atoms with Crippen molar-refractivity contribution in [2.75, 3.05) is 5.32 Å². The number of pyridine rings is 1. The van der Waals surface area contributed by atoms with Crippen LogP contribution in [-0.2, 0) is 0 Å². The molecule has 0 aliphatic carbocycles. The molecule has 0 saturated carbocycles. The summed E-state index contributed by atoms with van der Waals surface area (Å²) in [6.07, 6.45) is 0. The molecule has 33 heavy (non-hydrogen) atoms. The highest BCUT2D eigenvalue weighted by atomic mass is 35.5. The number of aryl methyl sites for hydroxylation is 2. The van der Waals surface area contributed by atoms with Crippen LogP contribution in [0.3, 0.4) is 0 Å². The van der Waals surface area contributed by atoms with Crippen LogP contribution in [0.4, 0.5) is 5.13 Å². The Morgan fingerprint density at radius 3 is 2.48 bits per heavy atom. The van der Waals surface area contributed by atoms with Gasteiger partial charge in [-0.05, 0) is 43.7 Å². The van der Waals surface area contributed by atoms with Gasteiger partial charge in [0.05, 0.1) is 22.5 Å². The number of aromatic nitrogens is 2. The van der Waals surface area contributed by atoms with Crippen molar-refractivity contribution in [3.63, 3.8) is 0 Å². The van der Waals surface area contributed by atoms with Gasteiger partial charge >= 0.3 is 0 Å². The van der Waals surface area contributed by atoms with Crippen molar-refractivity contribution in [1.82, 2.24) is 9.97 Å². The second kappa shape index (κ2) is 8.77. The predicted molar refractivity (Wildman–Crippen MR) is 137 cm³/mol. The number of benzene rings is 3. The maximum Gasteiger partial charge on any atom is 0.258 e. The van der Waals surface area contributed by atoms with Crippen LogP contribution in [0, 0.1) is 13.8 Å². The Hall–Kier alpha value is -3.54. The lowest BCUT2D eigenvalue weighted by molar-refractivity contribution is 0.102. The van der Waals surface area contributed by atoms with Gasteiger partial charge in [-0.2, -0.15) is 0 Å². The van der Waals surface area contributed by atoms with Crippen LogP contribution in [0.25, 0.3) is 33.4 Å². The zero-order chi connectivity index (χ0) is 22.9. The molecule has 4 nitrogen and oxygen atoms in total. The van der Waals surface area contributed by atoms with E-state index in [1.165, 1.54) is 16.9 Å². The molecule has 162 valence electrons. The Morgan fingerprint density at radius 1 is 0.909 bits per heavy atom. The Morgan fingerprint density at radius 2 is 1.70 bits per heavy atom. The summed E-state index contributed by atoms with van der Waals surface area (Å²) in [4.78, 5) is 22.8. The van der Waals surface area contributed by atoms with Gasteiger partial charge in [-0.25, -0.2) is 9.97 Å². The van der Waals surface area contributed by atoms with Gasteiger partial charge in [-0.3, -0.25) is 10.1 Å². The minimum absolute atomic E-state index is 0.211. The SMILES string of the molecule is Cc1ccc(-c2cc(C(=O)Nc3nc(-c4ccc(Cl)cc4)cs3)c3ccccc3n2)c(C)c1. The third-order valence-electron chi connectivity index (χ3n) is 5.48. The van der Waals surface area contributed by atoms with Crippen molar-refractivity contribution >= 4 is 44.9 Å². The molecule has 0 unspecified atom stereocenters. The standard InChI is InChI=1S/C27H20ClN3OS/c1-16-7-12-20(17(2)13-16)24-14-22(21-5-3-4-6-23(21)29-24)26(32)31-27-30-25(15-33-27)18-8-10-19(28)11-9-18/h3-15H,1-2H3,(H,30,31,32). The van der Waals surface area contributed by atoms with Crippen LogP contribution in [0.2, 0.25) is 5.02 Å². The van der Waals surface area contributed by atoms with E-state index in [1.807, 2.05) is 60.0 Å². The summed E-state index contributed by atoms with van der Waals surface area (Å²) in [7, 11) is 0. The van der Waals surface area contributed by atoms with E-state index >= 15 is 0 Å². The van der Waals surface area contributed by atoms with Crippen LogP contribution >= 0.6 is 22.9 Å². The van der Waals surface area contributed by atoms with Crippen molar-refractivity contribution in [3.05, 3.63) is 99.9 Å². The molecule has 1 amide bonds. The average Bonchev–Trinajstić information content (AvgIpc) is 3.27. The first-order valence-corrected chi connectivity index (χ1v) is 11.7. The number of fused-ring (bicyclic) bond motifs is 1. The Kier molecular flexibility index (Phi) is 5.67. The van der Waals surface area contributed by atoms with Gasteiger partial charge in [-0.1, -0.05) is 65.7 Å². The van der Waals surface area contributed by atoms with Crippen molar-refractivity contribution in [3.8, 4) is 22.5 Å². The number of carbonyl (C=O) groups is 1. The third kappa shape index (κ3) is 4.38. The number of para-hydroxylation sites is 1. The summed E-state index contributed by atoms with van der Waals surface area (Å²) in [5.41, 5.74) is 7.19. The van der Waals surface area contributed by atoms with Gasteiger partial charge in [0, 0.05) is 26.9 Å². The van der Waals surface area contributed by atoms with Gasteiger partial charge in [0.1, 0.15) is 0 Å². The van der Waals surface area contributed by atoms with Gasteiger partial charge in [-0.15, -0.1) is 11.3 Å². The molecule has 5 rings (SSSR count). The normalized spacial score (nSPS) is 11.0. The van der Waals surface area contributed by atoms with Crippen molar-refractivity contribution in [2.45, 2.75) is 13.8 Å². The molecular weight excluding hydrogens is 450 g/mol. The molecular formula is C27H20ClN3OS. The molecule has 0 spiro atoms. The fraction of sp³-hybridized carbons (Fsp3) is 0.0741. The average molecular weight is 470 g/mol. The van der Waals surface area contributed by atoms with E-state index in [4.69, 9.17) is 16.6 Å². The molecule has 2 heterocycles. The van der Waals surface area contributed by atoms with Gasteiger partial charge in [0.15, 0.2) is 5.13 Å². The number of hydrogen-bond donors (Lipinski definition) is 1. The monoisotopic (exact) mass is 469 g/mol. The zero-order valence-corrected chi connectivity index (χ0v) is 19.7. The molecule has 0 aliphatic heterocycles. The van der Waals surface area contributed by atoms with Crippen molar-refractivity contribution < 1.29 is 4.79 Å². The third-order valence-corrected chi connectivity index (χ3v) is 6.49. The van der Waals surface area contributed by atoms with Gasteiger partial charge < -0.3 is 0 Å². The molecule has 6 heteroatoms. The lowest BCUT2D eigenvalue weighted by atomic mass is 9.99. The zero-order valence-electron chi connectivity index (χ0n) is 18.1. The van der Waals surface area contributed by atoms with E-state index in [2.05, 4.69) is 42.3 Å². The van der Waals surface area contributed by atoms with Crippen LogP contribution in [0.5, 0.6) is 0 Å². The van der Waals surface area contributed by atoms with E-state index < -0.39 is 0 Å². The minimum Gasteiger partial charge on any atom is -0.298 e. The molecule has 0 saturated heterocycles. The lowest BCUT2D eigenvalue weighted by Crippen LogP contribution is -2.13. The highest BCUT2D eigenvalue weighted by molar-refractivity contribution is 7.14. The summed E-state index contributed by atoms with van der Waals surface area (Å²) >= 11 is 7.37. The molecule has 3 aromatic carbocycles. The van der Waals surface area contributed by atoms with Crippen LogP contribution in [-0.4, -0.2) is 15.9 Å². The number of rotatable bonds is 4. The van der Waals surface area contributed by atoms with E-state index in [0.717, 1.165) is 39.0 Å². The fourth-order valence-corrected chi connectivity index (χ4v) is 4.69. The largest absolute Gasteiger partial charge is 0.298 e. The topological polar surface area (TPSA) is 54.9 Å². The highest BCUT2D eigenvalue weighted by Gasteiger charge is 2.16. The summed E-state index contributed by atoms with van der Waals surface area (Å²) < 4.78 is 0. The molecule has 5 aromatic rings. The molecule has 0 bridgehead atoms. The first-order chi connectivity index (χ1) is 16.0. The van der Waals surface area contributed by atoms with E-state index in [1.54, 1.807) is 0 Å². The number of halogens is 1. The second-order valence-corrected chi connectivity index (χ2v) is 9.18. The quantitative estimate of drug-likeness (QED) is 0.295. The smallest absolute Gasteiger partial charge is 0.258 e. The first-order valence-electron chi connectivity index (χ1n) is 10.5. The fourth-order valence-electron chi connectivity index (χ4n) is 3.85. The maximum absolute atomic E-state index is 13.4. The maximum atomic E-state index is 13.4. The molecule has 0 radical (unpaired) electrons. The Bertz CT molecular complexity index is 1490. The molecule has 0 aliphatic rings.